The van der Waals surface area contributed by atoms with Gasteiger partial charge in [0.2, 0.25) is 0 Å². The van der Waals surface area contributed by atoms with Crippen molar-refractivity contribution in [3.8, 4) is 17.7 Å². The summed E-state index contributed by atoms with van der Waals surface area (Å²) in [4.78, 5) is 12.8. The number of nitro groups is 1. The van der Waals surface area contributed by atoms with E-state index >= 15 is 0 Å². The lowest BCUT2D eigenvalue weighted by Gasteiger charge is -2.09. The maximum absolute atomic E-state index is 12.0. The highest BCUT2D eigenvalue weighted by atomic mass is 19.4. The summed E-state index contributed by atoms with van der Waals surface area (Å²) in [7, 11) is 1.09. The van der Waals surface area contributed by atoms with Gasteiger partial charge in [-0.2, -0.15) is 5.26 Å². The van der Waals surface area contributed by atoms with E-state index < -0.39 is 29.4 Å². The maximum atomic E-state index is 12.0. The molecule has 0 saturated heterocycles. The molecule has 7 nitrogen and oxygen atoms in total. The third kappa shape index (κ3) is 3.70. The molecule has 1 heterocycles. The van der Waals surface area contributed by atoms with Gasteiger partial charge in [0.1, 0.15) is 11.3 Å². The Kier molecular flexibility index (Phi) is 4.11. The summed E-state index contributed by atoms with van der Waals surface area (Å²) in [6.45, 7) is 0. The molecule has 0 atom stereocenters. The molecule has 1 aromatic rings. The molecule has 1 aromatic heterocycles. The highest BCUT2D eigenvalue weighted by molar-refractivity contribution is 5.49. The lowest BCUT2D eigenvalue weighted by molar-refractivity contribution is -0.390. The summed E-state index contributed by atoms with van der Waals surface area (Å²) in [5.74, 6) is -2.22. The van der Waals surface area contributed by atoms with Crippen LogP contribution in [0, 0.1) is 21.4 Å². The highest BCUT2D eigenvalue weighted by Crippen LogP contribution is 2.33. The fraction of sp³-hybridized carbons (Fsp3) is 0.333. The van der Waals surface area contributed by atoms with Crippen LogP contribution in [0.4, 0.5) is 19.0 Å². The van der Waals surface area contributed by atoms with E-state index in [0.29, 0.717) is 0 Å². The number of hydrogen-bond acceptors (Lipinski definition) is 6. The van der Waals surface area contributed by atoms with Gasteiger partial charge in [-0.25, -0.2) is 0 Å². The van der Waals surface area contributed by atoms with Gasteiger partial charge in [-0.1, -0.05) is 0 Å². The van der Waals surface area contributed by atoms with E-state index in [1.807, 2.05) is 0 Å². The topological polar surface area (TPSA) is 98.3 Å². The van der Waals surface area contributed by atoms with Crippen molar-refractivity contribution >= 4 is 5.82 Å². The van der Waals surface area contributed by atoms with Crippen molar-refractivity contribution in [3.05, 3.63) is 21.7 Å². The Bertz CT molecular complexity index is 539. The number of nitrogens with zero attached hydrogens (tertiary/aromatic N) is 3. The third-order valence-corrected chi connectivity index (χ3v) is 1.91. The molecular weight excluding hydrogens is 271 g/mol. The number of methoxy groups -OCH3 is 1. The zero-order valence-corrected chi connectivity index (χ0v) is 9.39. The molecule has 0 aliphatic heterocycles. The van der Waals surface area contributed by atoms with E-state index in [9.17, 15) is 23.3 Å². The van der Waals surface area contributed by atoms with Gasteiger partial charge in [0.25, 0.3) is 0 Å². The van der Waals surface area contributed by atoms with Gasteiger partial charge in [0.05, 0.1) is 25.7 Å². The van der Waals surface area contributed by atoms with E-state index in [1.54, 1.807) is 6.07 Å². The predicted octanol–water partition coefficient (Wildman–Crippen LogP) is 1.96. The summed E-state index contributed by atoms with van der Waals surface area (Å²) in [6.07, 6.45) is -5.47. The standard InChI is InChI=1S/C9H6F3N3O4/c1-18-6-4-7(19-9(10,11)12)14-8(15(16)17)5(6)2-3-13/h4H,2H2,1H3. The number of pyridine rings is 1. The molecule has 0 aliphatic carbocycles. The molecule has 0 radical (unpaired) electrons. The summed E-state index contributed by atoms with van der Waals surface area (Å²) < 4.78 is 44.3. The lowest BCUT2D eigenvalue weighted by Crippen LogP contribution is -2.18. The molecule has 0 fully saturated rings. The monoisotopic (exact) mass is 277 g/mol. The summed E-state index contributed by atoms with van der Waals surface area (Å²) in [5, 5.41) is 19.3. The number of rotatable bonds is 4. The average Bonchev–Trinajstić information content (AvgIpc) is 2.28. The number of alkyl halides is 3. The molecule has 0 N–H and O–H groups in total. The minimum Gasteiger partial charge on any atom is -0.496 e. The molecule has 0 amide bonds. The van der Waals surface area contributed by atoms with Crippen molar-refractivity contribution in [2.45, 2.75) is 12.8 Å². The van der Waals surface area contributed by atoms with Crippen LogP contribution in [0.2, 0.25) is 0 Å². The minimum atomic E-state index is -5.04. The van der Waals surface area contributed by atoms with E-state index in [0.717, 1.165) is 13.2 Å². The van der Waals surface area contributed by atoms with Gasteiger partial charge in [0, 0.05) is 4.98 Å². The Labute approximate surface area is 104 Å². The Morgan fingerprint density at radius 1 is 1.58 bits per heavy atom. The average molecular weight is 277 g/mol. The van der Waals surface area contributed by atoms with Gasteiger partial charge in [0.15, 0.2) is 0 Å². The van der Waals surface area contributed by atoms with Crippen LogP contribution in [-0.2, 0) is 6.42 Å². The van der Waals surface area contributed by atoms with Gasteiger partial charge in [-0.15, -0.1) is 13.2 Å². The van der Waals surface area contributed by atoms with Crippen molar-refractivity contribution in [3.63, 3.8) is 0 Å². The van der Waals surface area contributed by atoms with Crippen molar-refractivity contribution in [2.24, 2.45) is 0 Å². The highest BCUT2D eigenvalue weighted by Gasteiger charge is 2.35. The third-order valence-electron chi connectivity index (χ3n) is 1.91. The summed E-state index contributed by atoms with van der Waals surface area (Å²) in [5.41, 5.74) is -0.218. The minimum absolute atomic E-state index is 0.218. The van der Waals surface area contributed by atoms with E-state index in [2.05, 4.69) is 9.72 Å². The largest absolute Gasteiger partial charge is 0.575 e. The second-order valence-corrected chi connectivity index (χ2v) is 3.10. The van der Waals surface area contributed by atoms with Crippen LogP contribution >= 0.6 is 0 Å². The van der Waals surface area contributed by atoms with E-state index in [1.165, 1.54) is 0 Å². The smallest absolute Gasteiger partial charge is 0.496 e. The van der Waals surface area contributed by atoms with Crippen molar-refractivity contribution in [1.29, 1.82) is 5.26 Å². The predicted molar refractivity (Wildman–Crippen MR) is 53.4 cm³/mol. The van der Waals surface area contributed by atoms with E-state index in [4.69, 9.17) is 10.00 Å². The SMILES string of the molecule is COc1cc(OC(F)(F)F)nc([N+](=O)[O-])c1CC#N. The molecular formula is C9H6F3N3O4. The molecule has 0 saturated carbocycles. The molecule has 0 spiro atoms. The molecule has 0 aliphatic rings. The van der Waals surface area contributed by atoms with Crippen LogP contribution in [-0.4, -0.2) is 23.4 Å². The Morgan fingerprint density at radius 3 is 2.63 bits per heavy atom. The van der Waals surface area contributed by atoms with Crippen LogP contribution < -0.4 is 9.47 Å². The molecule has 19 heavy (non-hydrogen) atoms. The first-order valence-corrected chi connectivity index (χ1v) is 4.63. The Morgan fingerprint density at radius 2 is 2.21 bits per heavy atom. The quantitative estimate of drug-likeness (QED) is 0.616. The number of aromatic nitrogens is 1. The number of halogens is 3. The van der Waals surface area contributed by atoms with Crippen LogP contribution in [0.3, 0.4) is 0 Å². The zero-order chi connectivity index (χ0) is 14.6. The first-order valence-electron chi connectivity index (χ1n) is 4.63. The number of hydrogen-bond donors (Lipinski definition) is 0. The molecule has 1 rings (SSSR count). The van der Waals surface area contributed by atoms with Gasteiger partial charge in [-0.3, -0.25) is 0 Å². The van der Waals surface area contributed by atoms with E-state index in [-0.39, 0.29) is 11.3 Å². The van der Waals surface area contributed by atoms with Gasteiger partial charge < -0.3 is 19.6 Å². The molecule has 102 valence electrons. The lowest BCUT2D eigenvalue weighted by atomic mass is 10.2. The Hall–Kier alpha value is -2.57. The molecule has 0 unspecified atom stereocenters. The maximum Gasteiger partial charge on any atom is 0.575 e. The van der Waals surface area contributed by atoms with Crippen LogP contribution in [0.5, 0.6) is 11.6 Å². The Balaban J connectivity index is 3.37. The van der Waals surface area contributed by atoms with Crippen LogP contribution in [0.25, 0.3) is 0 Å². The summed E-state index contributed by atoms with van der Waals surface area (Å²) in [6, 6.07) is 2.36. The fourth-order valence-electron chi connectivity index (χ4n) is 1.26. The van der Waals surface area contributed by atoms with Crippen molar-refractivity contribution in [2.75, 3.05) is 7.11 Å². The number of nitriles is 1. The van der Waals surface area contributed by atoms with Crippen molar-refractivity contribution < 1.29 is 27.6 Å². The second kappa shape index (κ2) is 5.38. The zero-order valence-electron chi connectivity index (χ0n) is 9.39. The fourth-order valence-corrected chi connectivity index (χ4v) is 1.26. The second-order valence-electron chi connectivity index (χ2n) is 3.10. The first kappa shape index (κ1) is 14.5. The van der Waals surface area contributed by atoms with Crippen LogP contribution in [0.15, 0.2) is 6.07 Å². The molecule has 0 aromatic carbocycles. The molecule has 0 bridgehead atoms. The first-order chi connectivity index (χ1) is 8.78. The molecule has 10 heteroatoms. The van der Waals surface area contributed by atoms with Gasteiger partial charge in [-0.05, 0) is 4.92 Å². The van der Waals surface area contributed by atoms with Crippen molar-refractivity contribution in [1.82, 2.24) is 4.98 Å². The van der Waals surface area contributed by atoms with Crippen LogP contribution in [0.1, 0.15) is 5.56 Å². The summed E-state index contributed by atoms with van der Waals surface area (Å²) >= 11 is 0. The van der Waals surface area contributed by atoms with Gasteiger partial charge >= 0.3 is 18.1 Å². The normalized spacial score (nSPS) is 10.7. The number of ether oxygens (including phenoxy) is 2.